The van der Waals surface area contributed by atoms with E-state index >= 15 is 0 Å². The molecular weight excluding hydrogens is 236 g/mol. The maximum atomic E-state index is 5.16. The minimum atomic E-state index is 0.328. The van der Waals surface area contributed by atoms with E-state index in [0.717, 1.165) is 24.4 Å². The van der Waals surface area contributed by atoms with E-state index in [1.54, 1.807) is 7.11 Å². The minimum absolute atomic E-state index is 0.328. The molecule has 0 aliphatic heterocycles. The SMILES string of the molecule is COc1ccc(C(C)NCCc2ccccn2)cc1. The van der Waals surface area contributed by atoms with Crippen LogP contribution in [-0.4, -0.2) is 18.6 Å². The van der Waals surface area contributed by atoms with Crippen molar-refractivity contribution in [1.82, 2.24) is 10.3 Å². The van der Waals surface area contributed by atoms with Crippen molar-refractivity contribution >= 4 is 0 Å². The van der Waals surface area contributed by atoms with E-state index in [2.05, 4.69) is 35.4 Å². The van der Waals surface area contributed by atoms with Gasteiger partial charge in [0.2, 0.25) is 0 Å². The summed E-state index contributed by atoms with van der Waals surface area (Å²) < 4.78 is 5.16. The molecule has 0 fully saturated rings. The summed E-state index contributed by atoms with van der Waals surface area (Å²) in [4.78, 5) is 4.31. The van der Waals surface area contributed by atoms with E-state index in [0.29, 0.717) is 6.04 Å². The molecule has 1 unspecified atom stereocenters. The van der Waals surface area contributed by atoms with Gasteiger partial charge in [0.25, 0.3) is 0 Å². The van der Waals surface area contributed by atoms with Crippen molar-refractivity contribution in [2.24, 2.45) is 0 Å². The maximum Gasteiger partial charge on any atom is 0.118 e. The molecule has 0 spiro atoms. The highest BCUT2D eigenvalue weighted by atomic mass is 16.5. The molecule has 0 bridgehead atoms. The van der Waals surface area contributed by atoms with Gasteiger partial charge in [0.15, 0.2) is 0 Å². The third kappa shape index (κ3) is 4.07. The first-order valence-corrected chi connectivity index (χ1v) is 6.57. The molecule has 0 aliphatic rings. The maximum absolute atomic E-state index is 5.16. The molecule has 0 aliphatic carbocycles. The number of nitrogens with zero attached hydrogens (tertiary/aromatic N) is 1. The van der Waals surface area contributed by atoms with Crippen LogP contribution < -0.4 is 10.1 Å². The van der Waals surface area contributed by atoms with E-state index in [1.165, 1.54) is 5.56 Å². The number of rotatable bonds is 6. The molecule has 0 saturated carbocycles. The highest BCUT2D eigenvalue weighted by Crippen LogP contribution is 2.17. The summed E-state index contributed by atoms with van der Waals surface area (Å²) in [5.41, 5.74) is 2.39. The van der Waals surface area contributed by atoms with E-state index in [4.69, 9.17) is 4.74 Å². The number of nitrogens with one attached hydrogen (secondary N) is 1. The summed E-state index contributed by atoms with van der Waals surface area (Å²) in [5.74, 6) is 0.893. The van der Waals surface area contributed by atoms with Crippen LogP contribution in [0.1, 0.15) is 24.2 Å². The Hall–Kier alpha value is -1.87. The molecule has 1 N–H and O–H groups in total. The van der Waals surface area contributed by atoms with Crippen molar-refractivity contribution in [1.29, 1.82) is 0 Å². The van der Waals surface area contributed by atoms with Crippen molar-refractivity contribution in [3.63, 3.8) is 0 Å². The quantitative estimate of drug-likeness (QED) is 0.862. The number of ether oxygens (including phenoxy) is 1. The minimum Gasteiger partial charge on any atom is -0.497 e. The summed E-state index contributed by atoms with van der Waals surface area (Å²) in [6.07, 6.45) is 2.78. The number of methoxy groups -OCH3 is 1. The number of aromatic nitrogens is 1. The molecule has 100 valence electrons. The van der Waals surface area contributed by atoms with Gasteiger partial charge >= 0.3 is 0 Å². The van der Waals surface area contributed by atoms with E-state index in [9.17, 15) is 0 Å². The Morgan fingerprint density at radius 1 is 1.16 bits per heavy atom. The second-order valence-corrected chi connectivity index (χ2v) is 4.52. The summed E-state index contributed by atoms with van der Waals surface area (Å²) in [7, 11) is 1.68. The summed E-state index contributed by atoms with van der Waals surface area (Å²) in [6, 6.07) is 14.5. The van der Waals surface area contributed by atoms with Gasteiger partial charge in [-0.1, -0.05) is 18.2 Å². The average molecular weight is 256 g/mol. The van der Waals surface area contributed by atoms with Crippen molar-refractivity contribution in [3.8, 4) is 5.75 Å². The second-order valence-electron chi connectivity index (χ2n) is 4.52. The predicted octanol–water partition coefficient (Wildman–Crippen LogP) is 2.98. The summed E-state index contributed by atoms with van der Waals surface area (Å²) >= 11 is 0. The van der Waals surface area contributed by atoms with Crippen LogP contribution in [0, 0.1) is 0 Å². The Labute approximate surface area is 114 Å². The molecule has 0 radical (unpaired) electrons. The molecular formula is C16H20N2O. The number of benzene rings is 1. The molecule has 1 atom stereocenters. The van der Waals surface area contributed by atoms with Gasteiger partial charge in [-0.3, -0.25) is 4.98 Å². The number of hydrogen-bond donors (Lipinski definition) is 1. The van der Waals surface area contributed by atoms with Crippen molar-refractivity contribution in [3.05, 3.63) is 59.9 Å². The molecule has 0 amide bonds. The molecule has 3 heteroatoms. The van der Waals surface area contributed by atoms with Crippen LogP contribution in [0.5, 0.6) is 5.75 Å². The second kappa shape index (κ2) is 6.90. The van der Waals surface area contributed by atoms with Crippen LogP contribution in [0.25, 0.3) is 0 Å². The zero-order chi connectivity index (χ0) is 13.5. The third-order valence-electron chi connectivity index (χ3n) is 3.17. The molecule has 1 heterocycles. The van der Waals surface area contributed by atoms with Gasteiger partial charge in [-0.15, -0.1) is 0 Å². The van der Waals surface area contributed by atoms with Crippen LogP contribution in [0.2, 0.25) is 0 Å². The summed E-state index contributed by atoms with van der Waals surface area (Å²) in [5, 5.41) is 3.50. The van der Waals surface area contributed by atoms with Crippen molar-refractivity contribution in [2.75, 3.05) is 13.7 Å². The largest absolute Gasteiger partial charge is 0.497 e. The smallest absolute Gasteiger partial charge is 0.118 e. The normalized spacial score (nSPS) is 12.1. The third-order valence-corrected chi connectivity index (χ3v) is 3.17. The molecule has 2 aromatic rings. The predicted molar refractivity (Wildman–Crippen MR) is 77.4 cm³/mol. The lowest BCUT2D eigenvalue weighted by atomic mass is 10.1. The fourth-order valence-electron chi connectivity index (χ4n) is 1.97. The van der Waals surface area contributed by atoms with Gasteiger partial charge in [-0.05, 0) is 36.8 Å². The van der Waals surface area contributed by atoms with E-state index in [-0.39, 0.29) is 0 Å². The Bertz CT molecular complexity index is 482. The lowest BCUT2D eigenvalue weighted by Crippen LogP contribution is -2.21. The fourth-order valence-corrected chi connectivity index (χ4v) is 1.97. The molecule has 3 nitrogen and oxygen atoms in total. The standard InChI is InChI=1S/C16H20N2O/c1-13(14-6-8-16(19-2)9-7-14)17-12-10-15-5-3-4-11-18-15/h3-9,11,13,17H,10,12H2,1-2H3. The van der Waals surface area contributed by atoms with Crippen molar-refractivity contribution in [2.45, 2.75) is 19.4 Å². The monoisotopic (exact) mass is 256 g/mol. The highest BCUT2D eigenvalue weighted by Gasteiger charge is 2.04. The van der Waals surface area contributed by atoms with Gasteiger partial charge < -0.3 is 10.1 Å². The van der Waals surface area contributed by atoms with Crippen LogP contribution in [0.15, 0.2) is 48.7 Å². The van der Waals surface area contributed by atoms with Gasteiger partial charge in [-0.2, -0.15) is 0 Å². The lowest BCUT2D eigenvalue weighted by molar-refractivity contribution is 0.414. The number of hydrogen-bond acceptors (Lipinski definition) is 3. The first-order chi connectivity index (χ1) is 9.29. The highest BCUT2D eigenvalue weighted by molar-refractivity contribution is 5.28. The topological polar surface area (TPSA) is 34.1 Å². The molecule has 1 aromatic carbocycles. The molecule has 2 rings (SSSR count). The molecule has 0 saturated heterocycles. The molecule has 1 aromatic heterocycles. The zero-order valence-electron chi connectivity index (χ0n) is 11.5. The Balaban J connectivity index is 1.82. The average Bonchev–Trinajstić information content (AvgIpc) is 2.48. The first-order valence-electron chi connectivity index (χ1n) is 6.57. The van der Waals surface area contributed by atoms with Crippen LogP contribution >= 0.6 is 0 Å². The number of pyridine rings is 1. The van der Waals surface area contributed by atoms with Gasteiger partial charge in [0.05, 0.1) is 7.11 Å². The lowest BCUT2D eigenvalue weighted by Gasteiger charge is -2.14. The van der Waals surface area contributed by atoms with Gasteiger partial charge in [-0.25, -0.2) is 0 Å². The first kappa shape index (κ1) is 13.6. The Morgan fingerprint density at radius 3 is 2.58 bits per heavy atom. The Kier molecular flexibility index (Phi) is 4.93. The fraction of sp³-hybridized carbons (Fsp3) is 0.312. The van der Waals surface area contributed by atoms with E-state index in [1.807, 2.05) is 30.5 Å². The summed E-state index contributed by atoms with van der Waals surface area (Å²) in [6.45, 7) is 3.09. The van der Waals surface area contributed by atoms with Crippen LogP contribution in [0.3, 0.4) is 0 Å². The van der Waals surface area contributed by atoms with Crippen molar-refractivity contribution < 1.29 is 4.74 Å². The van der Waals surface area contributed by atoms with Crippen LogP contribution in [0.4, 0.5) is 0 Å². The molecule has 19 heavy (non-hydrogen) atoms. The zero-order valence-corrected chi connectivity index (χ0v) is 11.5. The Morgan fingerprint density at radius 2 is 1.95 bits per heavy atom. The van der Waals surface area contributed by atoms with Gasteiger partial charge in [0.1, 0.15) is 5.75 Å². The van der Waals surface area contributed by atoms with E-state index < -0.39 is 0 Å². The van der Waals surface area contributed by atoms with Crippen LogP contribution in [-0.2, 0) is 6.42 Å². The van der Waals surface area contributed by atoms with Gasteiger partial charge in [0, 0.05) is 30.9 Å².